The minimum Gasteiger partial charge on any atom is -0.497 e. The average molecular weight is 289 g/mol. The molecule has 0 bridgehead atoms. The summed E-state index contributed by atoms with van der Waals surface area (Å²) in [6, 6.07) is 7.19. The van der Waals surface area contributed by atoms with Crippen molar-refractivity contribution in [2.24, 2.45) is 0 Å². The van der Waals surface area contributed by atoms with Crippen LogP contribution in [0.25, 0.3) is 11.3 Å². The third-order valence-corrected chi connectivity index (χ3v) is 2.88. The summed E-state index contributed by atoms with van der Waals surface area (Å²) in [6.07, 6.45) is 1.41. The van der Waals surface area contributed by atoms with Gasteiger partial charge in [-0.1, -0.05) is 0 Å². The summed E-state index contributed by atoms with van der Waals surface area (Å²) in [4.78, 5) is 23.1. The highest BCUT2D eigenvalue weighted by Crippen LogP contribution is 2.23. The van der Waals surface area contributed by atoms with Gasteiger partial charge in [-0.2, -0.15) is 5.10 Å². The maximum atomic E-state index is 12.0. The van der Waals surface area contributed by atoms with Gasteiger partial charge in [0.2, 0.25) is 0 Å². The van der Waals surface area contributed by atoms with Crippen molar-refractivity contribution < 1.29 is 19.1 Å². The van der Waals surface area contributed by atoms with Crippen LogP contribution in [0.5, 0.6) is 5.75 Å². The SMILES string of the molecule is COC(=O)CNC(=O)c1cn[nH]c1-c1ccc(OC)cc1. The minimum atomic E-state index is -0.516. The molecule has 0 radical (unpaired) electrons. The molecule has 7 nitrogen and oxygen atoms in total. The number of ether oxygens (including phenoxy) is 2. The fourth-order valence-corrected chi connectivity index (χ4v) is 1.76. The molecule has 0 aliphatic carbocycles. The van der Waals surface area contributed by atoms with E-state index in [9.17, 15) is 9.59 Å². The van der Waals surface area contributed by atoms with Gasteiger partial charge in [0.05, 0.1) is 31.7 Å². The maximum Gasteiger partial charge on any atom is 0.325 e. The Kier molecular flexibility index (Phi) is 4.55. The number of benzene rings is 1. The van der Waals surface area contributed by atoms with Crippen molar-refractivity contribution in [1.29, 1.82) is 0 Å². The monoisotopic (exact) mass is 289 g/mol. The van der Waals surface area contributed by atoms with E-state index in [0.29, 0.717) is 11.3 Å². The molecule has 7 heteroatoms. The molecule has 0 atom stereocenters. The summed E-state index contributed by atoms with van der Waals surface area (Å²) in [7, 11) is 2.84. The summed E-state index contributed by atoms with van der Waals surface area (Å²) in [5.74, 6) is -0.201. The highest BCUT2D eigenvalue weighted by molar-refractivity contribution is 6.00. The number of amides is 1. The van der Waals surface area contributed by atoms with Gasteiger partial charge in [0.1, 0.15) is 12.3 Å². The second-order valence-corrected chi connectivity index (χ2v) is 4.15. The number of carbonyl (C=O) groups excluding carboxylic acids is 2. The zero-order chi connectivity index (χ0) is 15.2. The number of hydrogen-bond donors (Lipinski definition) is 2. The number of aromatic nitrogens is 2. The quantitative estimate of drug-likeness (QED) is 0.801. The number of rotatable bonds is 5. The van der Waals surface area contributed by atoms with Crippen LogP contribution in [0.4, 0.5) is 0 Å². The van der Waals surface area contributed by atoms with Gasteiger partial charge in [0, 0.05) is 5.56 Å². The van der Waals surface area contributed by atoms with E-state index in [-0.39, 0.29) is 6.54 Å². The van der Waals surface area contributed by atoms with Crippen molar-refractivity contribution in [3.05, 3.63) is 36.0 Å². The Labute approximate surface area is 121 Å². The summed E-state index contributed by atoms with van der Waals surface area (Å²) in [5, 5.41) is 9.12. The molecular weight excluding hydrogens is 274 g/mol. The van der Waals surface area contributed by atoms with Crippen LogP contribution in [0.1, 0.15) is 10.4 Å². The molecule has 2 aromatic rings. The predicted molar refractivity (Wildman–Crippen MR) is 74.9 cm³/mol. The molecule has 0 aliphatic rings. The molecule has 2 N–H and O–H groups in total. The smallest absolute Gasteiger partial charge is 0.325 e. The van der Waals surface area contributed by atoms with Crippen molar-refractivity contribution in [2.75, 3.05) is 20.8 Å². The molecule has 1 heterocycles. The number of methoxy groups -OCH3 is 2. The van der Waals surface area contributed by atoms with Crippen LogP contribution in [-0.2, 0) is 9.53 Å². The van der Waals surface area contributed by atoms with Crippen LogP contribution < -0.4 is 10.1 Å². The molecule has 0 spiro atoms. The van der Waals surface area contributed by atoms with Crippen LogP contribution in [0.15, 0.2) is 30.5 Å². The van der Waals surface area contributed by atoms with Gasteiger partial charge in [-0.3, -0.25) is 14.7 Å². The van der Waals surface area contributed by atoms with E-state index in [4.69, 9.17) is 4.74 Å². The molecule has 0 fully saturated rings. The van der Waals surface area contributed by atoms with Crippen molar-refractivity contribution in [2.45, 2.75) is 0 Å². The molecule has 21 heavy (non-hydrogen) atoms. The fourth-order valence-electron chi connectivity index (χ4n) is 1.76. The van der Waals surface area contributed by atoms with Gasteiger partial charge >= 0.3 is 5.97 Å². The van der Waals surface area contributed by atoms with Gasteiger partial charge in [0.25, 0.3) is 5.91 Å². The number of esters is 1. The van der Waals surface area contributed by atoms with Gasteiger partial charge in [-0.25, -0.2) is 0 Å². The third-order valence-electron chi connectivity index (χ3n) is 2.88. The highest BCUT2D eigenvalue weighted by atomic mass is 16.5. The van der Waals surface area contributed by atoms with E-state index < -0.39 is 11.9 Å². The molecular formula is C14H15N3O4. The summed E-state index contributed by atoms with van der Waals surface area (Å²) >= 11 is 0. The lowest BCUT2D eigenvalue weighted by Gasteiger charge is -2.05. The van der Waals surface area contributed by atoms with E-state index in [1.165, 1.54) is 13.3 Å². The van der Waals surface area contributed by atoms with Crippen LogP contribution in [-0.4, -0.2) is 42.8 Å². The summed E-state index contributed by atoms with van der Waals surface area (Å²) in [6.45, 7) is -0.192. The number of nitrogens with zero attached hydrogens (tertiary/aromatic N) is 1. The van der Waals surface area contributed by atoms with E-state index in [2.05, 4.69) is 20.3 Å². The lowest BCUT2D eigenvalue weighted by Crippen LogP contribution is -2.30. The largest absolute Gasteiger partial charge is 0.497 e. The van der Waals surface area contributed by atoms with Crippen LogP contribution >= 0.6 is 0 Å². The molecule has 0 aliphatic heterocycles. The number of H-pyrrole nitrogens is 1. The zero-order valence-corrected chi connectivity index (χ0v) is 11.7. The molecule has 1 aromatic heterocycles. The van der Waals surface area contributed by atoms with Crippen molar-refractivity contribution in [3.8, 4) is 17.0 Å². The van der Waals surface area contributed by atoms with E-state index in [1.807, 2.05) is 12.1 Å². The van der Waals surface area contributed by atoms with E-state index in [1.54, 1.807) is 19.2 Å². The molecule has 0 unspecified atom stereocenters. The number of aromatic amines is 1. The Hall–Kier alpha value is -2.83. The fraction of sp³-hybridized carbons (Fsp3) is 0.214. The zero-order valence-electron chi connectivity index (χ0n) is 11.7. The van der Waals surface area contributed by atoms with Crippen molar-refractivity contribution >= 4 is 11.9 Å². The predicted octanol–water partition coefficient (Wildman–Crippen LogP) is 0.988. The van der Waals surface area contributed by atoms with Crippen LogP contribution in [0.3, 0.4) is 0 Å². The first-order valence-electron chi connectivity index (χ1n) is 6.18. The van der Waals surface area contributed by atoms with Gasteiger partial charge in [-0.15, -0.1) is 0 Å². The highest BCUT2D eigenvalue weighted by Gasteiger charge is 2.16. The standard InChI is InChI=1S/C14H15N3O4/c1-20-10-5-3-9(4-6-10)13-11(7-16-17-13)14(19)15-8-12(18)21-2/h3-7H,8H2,1-2H3,(H,15,19)(H,16,17). The van der Waals surface area contributed by atoms with Crippen molar-refractivity contribution in [3.63, 3.8) is 0 Å². The topological polar surface area (TPSA) is 93.3 Å². The lowest BCUT2D eigenvalue weighted by molar-refractivity contribution is -0.139. The Balaban J connectivity index is 2.17. The van der Waals surface area contributed by atoms with E-state index in [0.717, 1.165) is 11.3 Å². The molecule has 1 amide bonds. The Morgan fingerprint density at radius 2 is 1.95 bits per heavy atom. The van der Waals surface area contributed by atoms with Gasteiger partial charge in [-0.05, 0) is 24.3 Å². The first kappa shape index (κ1) is 14.6. The lowest BCUT2D eigenvalue weighted by atomic mass is 10.1. The molecule has 110 valence electrons. The summed E-state index contributed by atoms with van der Waals surface area (Å²) < 4.78 is 9.55. The van der Waals surface area contributed by atoms with Crippen molar-refractivity contribution in [1.82, 2.24) is 15.5 Å². The Morgan fingerprint density at radius 3 is 2.57 bits per heavy atom. The maximum absolute atomic E-state index is 12.0. The normalized spacial score (nSPS) is 10.0. The second-order valence-electron chi connectivity index (χ2n) is 4.15. The number of nitrogens with one attached hydrogen (secondary N) is 2. The van der Waals surface area contributed by atoms with Crippen LogP contribution in [0.2, 0.25) is 0 Å². The minimum absolute atomic E-state index is 0.192. The second kappa shape index (κ2) is 6.56. The molecule has 2 rings (SSSR count). The van der Waals surface area contributed by atoms with Gasteiger partial charge < -0.3 is 14.8 Å². The number of hydrogen-bond acceptors (Lipinski definition) is 5. The van der Waals surface area contributed by atoms with Crippen LogP contribution in [0, 0.1) is 0 Å². The molecule has 0 saturated carbocycles. The molecule has 1 aromatic carbocycles. The first-order valence-corrected chi connectivity index (χ1v) is 6.18. The van der Waals surface area contributed by atoms with Gasteiger partial charge in [0.15, 0.2) is 0 Å². The number of carbonyl (C=O) groups is 2. The first-order chi connectivity index (χ1) is 10.2. The average Bonchev–Trinajstić information content (AvgIpc) is 3.01. The molecule has 0 saturated heterocycles. The van der Waals surface area contributed by atoms with E-state index >= 15 is 0 Å². The Morgan fingerprint density at radius 1 is 1.24 bits per heavy atom. The third kappa shape index (κ3) is 3.38. The summed E-state index contributed by atoms with van der Waals surface area (Å²) in [5.41, 5.74) is 1.71. The Bertz CT molecular complexity index is 634.